The van der Waals surface area contributed by atoms with Gasteiger partial charge in [0.2, 0.25) is 0 Å². The van der Waals surface area contributed by atoms with Crippen molar-refractivity contribution in [1.29, 1.82) is 0 Å². The molecule has 2 fully saturated rings. The van der Waals surface area contributed by atoms with E-state index in [4.69, 9.17) is 4.74 Å². The second-order valence-corrected chi connectivity index (χ2v) is 5.43. The third kappa shape index (κ3) is 2.10. The average Bonchev–Trinajstić information content (AvgIpc) is 2.00. The molecule has 3 heteroatoms. The summed E-state index contributed by atoms with van der Waals surface area (Å²) in [6.07, 6.45) is 1.30. The monoisotopic (exact) mass is 198 g/mol. The summed E-state index contributed by atoms with van der Waals surface area (Å²) >= 11 is 0. The van der Waals surface area contributed by atoms with Crippen LogP contribution >= 0.6 is 0 Å². The van der Waals surface area contributed by atoms with Crippen molar-refractivity contribution >= 4 is 0 Å². The molecule has 3 nitrogen and oxygen atoms in total. The molecule has 82 valence electrons. The van der Waals surface area contributed by atoms with E-state index in [0.717, 1.165) is 19.9 Å². The summed E-state index contributed by atoms with van der Waals surface area (Å²) in [4.78, 5) is 5.13. The first-order chi connectivity index (χ1) is 6.57. The number of ether oxygens (including phenoxy) is 1. The van der Waals surface area contributed by atoms with Gasteiger partial charge in [-0.15, -0.1) is 0 Å². The van der Waals surface area contributed by atoms with Crippen LogP contribution in [0.25, 0.3) is 0 Å². The van der Waals surface area contributed by atoms with Crippen LogP contribution in [0.4, 0.5) is 0 Å². The molecule has 2 aliphatic rings. The van der Waals surface area contributed by atoms with Crippen molar-refractivity contribution in [3.8, 4) is 0 Å². The van der Waals surface area contributed by atoms with Crippen LogP contribution in [0.1, 0.15) is 27.2 Å². The van der Waals surface area contributed by atoms with Gasteiger partial charge in [0.05, 0.1) is 25.9 Å². The Morgan fingerprint density at radius 1 is 1.14 bits per heavy atom. The van der Waals surface area contributed by atoms with E-state index in [1.807, 2.05) is 0 Å². The lowest BCUT2D eigenvalue weighted by Crippen LogP contribution is -2.59. The van der Waals surface area contributed by atoms with Crippen LogP contribution in [0.15, 0.2) is 0 Å². The van der Waals surface area contributed by atoms with E-state index in [0.29, 0.717) is 11.6 Å². The predicted molar refractivity (Wildman–Crippen MR) is 57.3 cm³/mol. The first kappa shape index (κ1) is 10.4. The third-order valence-electron chi connectivity index (χ3n) is 3.31. The molecule has 0 spiro atoms. The van der Waals surface area contributed by atoms with Crippen molar-refractivity contribution in [2.75, 3.05) is 33.0 Å². The lowest BCUT2D eigenvalue weighted by molar-refractivity contribution is -0.102. The maximum absolute atomic E-state index is 5.25. The Morgan fingerprint density at radius 2 is 1.86 bits per heavy atom. The Hall–Kier alpha value is -0.120. The molecule has 0 amide bonds. The highest BCUT2D eigenvalue weighted by molar-refractivity contribution is 4.85. The molecule has 14 heavy (non-hydrogen) atoms. The summed E-state index contributed by atoms with van der Waals surface area (Å²) in [5.74, 6) is 0. The molecule has 0 aromatic carbocycles. The van der Waals surface area contributed by atoms with Crippen molar-refractivity contribution in [3.63, 3.8) is 0 Å². The standard InChI is InChI=1S/C11H22N2O/c1-11(2,3)13-6-4-5-12(9-13)10-7-14-8-10/h10H,4-9H2,1-3H3. The molecule has 2 heterocycles. The van der Waals surface area contributed by atoms with Crippen LogP contribution in [0.3, 0.4) is 0 Å². The molecule has 0 N–H and O–H groups in total. The minimum Gasteiger partial charge on any atom is -0.378 e. The summed E-state index contributed by atoms with van der Waals surface area (Å²) < 4.78 is 5.25. The van der Waals surface area contributed by atoms with Crippen LogP contribution in [0.5, 0.6) is 0 Å². The summed E-state index contributed by atoms with van der Waals surface area (Å²) in [6, 6.07) is 0.695. The summed E-state index contributed by atoms with van der Waals surface area (Å²) in [7, 11) is 0. The Bertz CT molecular complexity index is 196. The zero-order chi connectivity index (χ0) is 10.2. The van der Waals surface area contributed by atoms with E-state index in [1.165, 1.54) is 19.5 Å². The molecule has 0 aliphatic carbocycles. The van der Waals surface area contributed by atoms with E-state index in [2.05, 4.69) is 30.6 Å². The van der Waals surface area contributed by atoms with Gasteiger partial charge in [0.25, 0.3) is 0 Å². The maximum atomic E-state index is 5.25. The van der Waals surface area contributed by atoms with Gasteiger partial charge < -0.3 is 4.74 Å². The van der Waals surface area contributed by atoms with Gasteiger partial charge in [-0.3, -0.25) is 9.80 Å². The largest absolute Gasteiger partial charge is 0.378 e. The zero-order valence-electron chi connectivity index (χ0n) is 9.62. The number of rotatable bonds is 1. The number of nitrogens with zero attached hydrogens (tertiary/aromatic N) is 2. The van der Waals surface area contributed by atoms with Crippen molar-refractivity contribution in [3.05, 3.63) is 0 Å². The van der Waals surface area contributed by atoms with Crippen LogP contribution in [-0.2, 0) is 4.74 Å². The summed E-state index contributed by atoms with van der Waals surface area (Å²) in [5.41, 5.74) is 0.309. The lowest BCUT2D eigenvalue weighted by atomic mass is 10.0. The van der Waals surface area contributed by atoms with Crippen molar-refractivity contribution in [1.82, 2.24) is 9.80 Å². The summed E-state index contributed by atoms with van der Waals surface area (Å²) in [5, 5.41) is 0. The van der Waals surface area contributed by atoms with Gasteiger partial charge in [0.1, 0.15) is 0 Å². The fraction of sp³-hybridized carbons (Fsp3) is 1.00. The number of hydrogen-bond donors (Lipinski definition) is 0. The van der Waals surface area contributed by atoms with E-state index in [-0.39, 0.29) is 0 Å². The van der Waals surface area contributed by atoms with Crippen LogP contribution in [0.2, 0.25) is 0 Å². The van der Waals surface area contributed by atoms with Crippen LogP contribution in [-0.4, -0.2) is 54.4 Å². The molecule has 0 atom stereocenters. The molecule has 0 aromatic rings. The molecule has 0 unspecified atom stereocenters. The fourth-order valence-electron chi connectivity index (χ4n) is 2.11. The van der Waals surface area contributed by atoms with Gasteiger partial charge in [-0.25, -0.2) is 0 Å². The highest BCUT2D eigenvalue weighted by Crippen LogP contribution is 2.21. The lowest BCUT2D eigenvalue weighted by Gasteiger charge is -2.47. The normalized spacial score (nSPS) is 27.6. The fourth-order valence-corrected chi connectivity index (χ4v) is 2.11. The van der Waals surface area contributed by atoms with Gasteiger partial charge in [-0.05, 0) is 27.2 Å². The zero-order valence-corrected chi connectivity index (χ0v) is 9.62. The molecular formula is C11H22N2O. The molecule has 0 aromatic heterocycles. The molecule has 0 saturated carbocycles. The molecule has 2 rings (SSSR count). The second kappa shape index (κ2) is 3.80. The molecule has 2 saturated heterocycles. The third-order valence-corrected chi connectivity index (χ3v) is 3.31. The average molecular weight is 198 g/mol. The second-order valence-electron chi connectivity index (χ2n) is 5.43. The maximum Gasteiger partial charge on any atom is 0.0645 e. The van der Waals surface area contributed by atoms with Crippen LogP contribution < -0.4 is 0 Å². The Morgan fingerprint density at radius 3 is 2.36 bits per heavy atom. The van der Waals surface area contributed by atoms with Gasteiger partial charge in [-0.2, -0.15) is 0 Å². The van der Waals surface area contributed by atoms with Crippen molar-refractivity contribution in [2.45, 2.75) is 38.8 Å². The number of hydrogen-bond acceptors (Lipinski definition) is 3. The van der Waals surface area contributed by atoms with Crippen LogP contribution in [0, 0.1) is 0 Å². The molecule has 0 bridgehead atoms. The first-order valence-corrected chi connectivity index (χ1v) is 5.64. The quantitative estimate of drug-likeness (QED) is 0.628. The minimum absolute atomic E-state index is 0.309. The molecular weight excluding hydrogens is 176 g/mol. The van der Waals surface area contributed by atoms with Gasteiger partial charge in [0.15, 0.2) is 0 Å². The molecule has 2 aliphatic heterocycles. The van der Waals surface area contributed by atoms with E-state index < -0.39 is 0 Å². The van der Waals surface area contributed by atoms with Crippen molar-refractivity contribution in [2.24, 2.45) is 0 Å². The van der Waals surface area contributed by atoms with E-state index >= 15 is 0 Å². The van der Waals surface area contributed by atoms with Gasteiger partial charge in [-0.1, -0.05) is 0 Å². The van der Waals surface area contributed by atoms with Gasteiger partial charge >= 0.3 is 0 Å². The predicted octanol–water partition coefficient (Wildman–Crippen LogP) is 1.15. The molecule has 0 radical (unpaired) electrons. The van der Waals surface area contributed by atoms with Gasteiger partial charge in [0, 0.05) is 18.6 Å². The highest BCUT2D eigenvalue weighted by atomic mass is 16.5. The highest BCUT2D eigenvalue weighted by Gasteiger charge is 2.32. The van der Waals surface area contributed by atoms with E-state index in [1.54, 1.807) is 0 Å². The Balaban J connectivity index is 1.90. The van der Waals surface area contributed by atoms with Crippen molar-refractivity contribution < 1.29 is 4.74 Å². The minimum atomic E-state index is 0.309. The summed E-state index contributed by atoms with van der Waals surface area (Å²) in [6.45, 7) is 12.4. The van der Waals surface area contributed by atoms with E-state index in [9.17, 15) is 0 Å². The first-order valence-electron chi connectivity index (χ1n) is 5.64. The Kier molecular flexibility index (Phi) is 2.82. The SMILES string of the molecule is CC(C)(C)N1CCCN(C2COC2)C1. The smallest absolute Gasteiger partial charge is 0.0645 e. The Labute approximate surface area is 87.0 Å². The topological polar surface area (TPSA) is 15.7 Å².